The van der Waals surface area contributed by atoms with Gasteiger partial charge in [0.05, 0.1) is 23.8 Å². The van der Waals surface area contributed by atoms with Gasteiger partial charge in [0.1, 0.15) is 0 Å². The Kier molecular flexibility index (Phi) is 4.26. The Labute approximate surface area is 149 Å². The number of thioether (sulfide) groups is 1. The highest BCUT2D eigenvalue weighted by atomic mass is 32.2. The van der Waals surface area contributed by atoms with Gasteiger partial charge in [0.15, 0.2) is 10.9 Å². The first-order valence-corrected chi connectivity index (χ1v) is 8.81. The minimum Gasteiger partial charge on any atom is -0.440 e. The molecule has 0 fully saturated rings. The van der Waals surface area contributed by atoms with Crippen molar-refractivity contribution in [2.24, 2.45) is 0 Å². The zero-order chi connectivity index (χ0) is 17.1. The highest BCUT2D eigenvalue weighted by Gasteiger charge is 2.11. The van der Waals surface area contributed by atoms with Crippen molar-refractivity contribution in [3.05, 3.63) is 78.9 Å². The van der Waals surface area contributed by atoms with Crippen LogP contribution in [0.15, 0.2) is 82.6 Å². The summed E-state index contributed by atoms with van der Waals surface area (Å²) in [7, 11) is 0. The number of nitrogens with zero attached hydrogens (tertiary/aromatic N) is 3. The molecule has 2 heterocycles. The van der Waals surface area contributed by atoms with Gasteiger partial charge in [-0.05, 0) is 0 Å². The third kappa shape index (κ3) is 3.44. The maximum atomic E-state index is 6.02. The maximum absolute atomic E-state index is 6.02. The van der Waals surface area contributed by atoms with Crippen LogP contribution in [0.1, 0.15) is 5.89 Å². The number of hydrogen-bond donors (Lipinski definition) is 1. The molecule has 0 radical (unpaired) electrons. The van der Waals surface area contributed by atoms with Crippen LogP contribution in [0.5, 0.6) is 0 Å². The summed E-state index contributed by atoms with van der Waals surface area (Å²) in [5.74, 6) is 7.99. The molecule has 4 aromatic rings. The molecule has 124 valence electrons. The number of oxazole rings is 1. The SMILES string of the molecule is Nn1cc(-c2ccccc2)nc1SCc1ncc(-c2ccccc2)o1. The van der Waals surface area contributed by atoms with Crippen LogP contribution in [0, 0.1) is 0 Å². The molecule has 0 aliphatic carbocycles. The van der Waals surface area contributed by atoms with Crippen LogP contribution < -0.4 is 5.84 Å². The van der Waals surface area contributed by atoms with Gasteiger partial charge >= 0.3 is 0 Å². The third-order valence-electron chi connectivity index (χ3n) is 3.70. The van der Waals surface area contributed by atoms with Gasteiger partial charge < -0.3 is 10.3 Å². The first-order valence-electron chi connectivity index (χ1n) is 7.82. The van der Waals surface area contributed by atoms with Gasteiger partial charge in [-0.2, -0.15) is 0 Å². The van der Waals surface area contributed by atoms with E-state index >= 15 is 0 Å². The smallest absolute Gasteiger partial charge is 0.205 e. The summed E-state index contributed by atoms with van der Waals surface area (Å²) < 4.78 is 7.35. The van der Waals surface area contributed by atoms with Crippen molar-refractivity contribution in [3.63, 3.8) is 0 Å². The Morgan fingerprint density at radius 2 is 1.64 bits per heavy atom. The molecule has 0 spiro atoms. The van der Waals surface area contributed by atoms with Crippen LogP contribution in [0.3, 0.4) is 0 Å². The number of benzene rings is 2. The van der Waals surface area contributed by atoms with Crippen molar-refractivity contribution in [2.45, 2.75) is 10.9 Å². The third-order valence-corrected chi connectivity index (χ3v) is 4.66. The molecule has 0 saturated carbocycles. The molecule has 0 aliphatic rings. The Balaban J connectivity index is 1.47. The van der Waals surface area contributed by atoms with Crippen molar-refractivity contribution in [3.8, 4) is 22.6 Å². The summed E-state index contributed by atoms with van der Waals surface area (Å²) in [6.45, 7) is 0. The summed E-state index contributed by atoms with van der Waals surface area (Å²) in [6.07, 6.45) is 3.57. The van der Waals surface area contributed by atoms with Crippen molar-refractivity contribution in [1.29, 1.82) is 0 Å². The molecular weight excluding hydrogens is 332 g/mol. The van der Waals surface area contributed by atoms with E-state index in [0.717, 1.165) is 27.7 Å². The van der Waals surface area contributed by atoms with E-state index in [2.05, 4.69) is 9.97 Å². The fourth-order valence-corrected chi connectivity index (χ4v) is 3.22. The summed E-state index contributed by atoms with van der Waals surface area (Å²) in [6, 6.07) is 19.9. The molecule has 0 unspecified atom stereocenters. The Morgan fingerprint density at radius 3 is 2.36 bits per heavy atom. The van der Waals surface area contributed by atoms with E-state index in [9.17, 15) is 0 Å². The fourth-order valence-electron chi connectivity index (χ4n) is 2.47. The molecule has 0 aliphatic heterocycles. The molecule has 5 nitrogen and oxygen atoms in total. The Hall–Kier alpha value is -2.99. The predicted octanol–water partition coefficient (Wildman–Crippen LogP) is 4.21. The van der Waals surface area contributed by atoms with Gasteiger partial charge in [-0.15, -0.1) is 0 Å². The summed E-state index contributed by atoms with van der Waals surface area (Å²) in [4.78, 5) is 8.93. The van der Waals surface area contributed by atoms with Crippen molar-refractivity contribution < 1.29 is 4.42 Å². The minimum absolute atomic E-state index is 0.565. The number of hydrogen-bond acceptors (Lipinski definition) is 5. The Morgan fingerprint density at radius 1 is 0.960 bits per heavy atom. The quantitative estimate of drug-likeness (QED) is 0.432. The summed E-state index contributed by atoms with van der Waals surface area (Å²) in [5, 5.41) is 0.721. The Bertz CT molecular complexity index is 964. The molecule has 0 bridgehead atoms. The fraction of sp³-hybridized carbons (Fsp3) is 0.0526. The van der Waals surface area contributed by atoms with Crippen LogP contribution in [0.25, 0.3) is 22.6 Å². The van der Waals surface area contributed by atoms with E-state index < -0.39 is 0 Å². The van der Waals surface area contributed by atoms with E-state index in [-0.39, 0.29) is 0 Å². The van der Waals surface area contributed by atoms with E-state index in [0.29, 0.717) is 11.6 Å². The van der Waals surface area contributed by atoms with Gasteiger partial charge in [0.25, 0.3) is 0 Å². The lowest BCUT2D eigenvalue weighted by molar-refractivity contribution is 0.529. The van der Waals surface area contributed by atoms with Crippen LogP contribution in [0.4, 0.5) is 0 Å². The highest BCUT2D eigenvalue weighted by molar-refractivity contribution is 7.98. The standard InChI is InChI=1S/C19H16N4OS/c20-23-12-16(14-7-3-1-4-8-14)22-19(23)25-13-18-21-11-17(24-18)15-9-5-2-6-10-15/h1-12H,13,20H2. The van der Waals surface area contributed by atoms with E-state index in [4.69, 9.17) is 10.3 Å². The molecule has 2 N–H and O–H groups in total. The van der Waals surface area contributed by atoms with Crippen LogP contribution in [0.2, 0.25) is 0 Å². The molecule has 4 rings (SSSR count). The second kappa shape index (κ2) is 6.86. The molecular formula is C19H16N4OS. The summed E-state index contributed by atoms with van der Waals surface area (Å²) in [5.41, 5.74) is 2.90. The van der Waals surface area contributed by atoms with Crippen LogP contribution >= 0.6 is 11.8 Å². The number of rotatable bonds is 5. The summed E-state index contributed by atoms with van der Waals surface area (Å²) >= 11 is 1.49. The normalized spacial score (nSPS) is 10.9. The second-order valence-corrected chi connectivity index (χ2v) is 6.40. The predicted molar refractivity (Wildman–Crippen MR) is 99.3 cm³/mol. The zero-order valence-electron chi connectivity index (χ0n) is 13.4. The van der Waals surface area contributed by atoms with Crippen molar-refractivity contribution in [1.82, 2.24) is 14.6 Å². The maximum Gasteiger partial charge on any atom is 0.205 e. The topological polar surface area (TPSA) is 69.9 Å². The van der Waals surface area contributed by atoms with E-state index in [1.165, 1.54) is 16.4 Å². The molecule has 0 amide bonds. The molecule has 0 atom stereocenters. The van der Waals surface area contributed by atoms with Gasteiger partial charge in [-0.25, -0.2) is 14.6 Å². The minimum atomic E-state index is 0.565. The van der Waals surface area contributed by atoms with Crippen LogP contribution in [-0.2, 0) is 5.75 Å². The lowest BCUT2D eigenvalue weighted by Crippen LogP contribution is -2.07. The highest BCUT2D eigenvalue weighted by Crippen LogP contribution is 2.27. The van der Waals surface area contributed by atoms with Gasteiger partial charge in [-0.3, -0.25) is 0 Å². The van der Waals surface area contributed by atoms with Crippen molar-refractivity contribution in [2.75, 3.05) is 5.84 Å². The molecule has 2 aromatic carbocycles. The molecule has 0 saturated heterocycles. The first-order chi connectivity index (χ1) is 12.3. The van der Waals surface area contributed by atoms with E-state index in [1.807, 2.05) is 66.9 Å². The zero-order valence-corrected chi connectivity index (χ0v) is 14.2. The number of aromatic nitrogens is 3. The van der Waals surface area contributed by atoms with E-state index in [1.54, 1.807) is 6.20 Å². The lowest BCUT2D eigenvalue weighted by Gasteiger charge is -1.98. The first kappa shape index (κ1) is 15.5. The van der Waals surface area contributed by atoms with Gasteiger partial charge in [0, 0.05) is 11.1 Å². The number of imidazole rings is 1. The van der Waals surface area contributed by atoms with Crippen LogP contribution in [-0.4, -0.2) is 14.6 Å². The van der Waals surface area contributed by atoms with Gasteiger partial charge in [0.2, 0.25) is 5.89 Å². The number of nitrogens with two attached hydrogens (primary N) is 1. The largest absolute Gasteiger partial charge is 0.440 e. The van der Waals surface area contributed by atoms with Gasteiger partial charge in [-0.1, -0.05) is 72.4 Å². The molecule has 6 heteroatoms. The average molecular weight is 348 g/mol. The number of nitrogen functional groups attached to an aromatic ring is 1. The lowest BCUT2D eigenvalue weighted by atomic mass is 10.2. The molecule has 2 aromatic heterocycles. The second-order valence-electron chi connectivity index (χ2n) is 5.45. The average Bonchev–Trinajstić information content (AvgIpc) is 3.28. The molecule has 25 heavy (non-hydrogen) atoms. The monoisotopic (exact) mass is 348 g/mol. The van der Waals surface area contributed by atoms with Crippen molar-refractivity contribution >= 4 is 11.8 Å².